The molecule has 2 atom stereocenters. The summed E-state index contributed by atoms with van der Waals surface area (Å²) in [5.74, 6) is -1.75. The Kier molecular flexibility index (Phi) is 4.63. The summed E-state index contributed by atoms with van der Waals surface area (Å²) >= 11 is 0. The standard InChI is InChI=1S/C12H16FNO4/c1-3-18-12(17)11(16)10(15)7-4-5-8(14)6(2)9(7)13/h4-5,10-11,15-16H,3,14H2,1-2H3. The molecule has 100 valence electrons. The van der Waals surface area contributed by atoms with Crippen molar-refractivity contribution in [1.29, 1.82) is 0 Å². The fourth-order valence-electron chi connectivity index (χ4n) is 1.48. The van der Waals surface area contributed by atoms with Crippen LogP contribution in [0.4, 0.5) is 10.1 Å². The van der Waals surface area contributed by atoms with Gasteiger partial charge in [0.05, 0.1) is 6.61 Å². The van der Waals surface area contributed by atoms with Gasteiger partial charge in [-0.3, -0.25) is 0 Å². The zero-order chi connectivity index (χ0) is 13.9. The lowest BCUT2D eigenvalue weighted by molar-refractivity contribution is -0.159. The van der Waals surface area contributed by atoms with E-state index in [1.807, 2.05) is 0 Å². The van der Waals surface area contributed by atoms with E-state index >= 15 is 0 Å². The maximum Gasteiger partial charge on any atom is 0.338 e. The largest absolute Gasteiger partial charge is 0.464 e. The van der Waals surface area contributed by atoms with Gasteiger partial charge < -0.3 is 20.7 Å². The molecule has 6 heteroatoms. The van der Waals surface area contributed by atoms with Gasteiger partial charge >= 0.3 is 5.97 Å². The van der Waals surface area contributed by atoms with Crippen molar-refractivity contribution in [1.82, 2.24) is 0 Å². The fourth-order valence-corrected chi connectivity index (χ4v) is 1.48. The summed E-state index contributed by atoms with van der Waals surface area (Å²) in [6.45, 7) is 3.06. The molecule has 4 N–H and O–H groups in total. The monoisotopic (exact) mass is 257 g/mol. The van der Waals surface area contributed by atoms with Crippen LogP contribution in [0, 0.1) is 12.7 Å². The molecule has 5 nitrogen and oxygen atoms in total. The topological polar surface area (TPSA) is 92.8 Å². The first-order valence-electron chi connectivity index (χ1n) is 5.47. The van der Waals surface area contributed by atoms with Crippen molar-refractivity contribution >= 4 is 11.7 Å². The van der Waals surface area contributed by atoms with Crippen molar-refractivity contribution in [3.63, 3.8) is 0 Å². The first-order valence-corrected chi connectivity index (χ1v) is 5.47. The third kappa shape index (κ3) is 2.77. The van der Waals surface area contributed by atoms with Gasteiger partial charge in [0, 0.05) is 16.8 Å². The summed E-state index contributed by atoms with van der Waals surface area (Å²) in [5, 5.41) is 19.3. The molecule has 0 spiro atoms. The minimum atomic E-state index is -1.83. The number of aliphatic hydroxyl groups is 2. The highest BCUT2D eigenvalue weighted by atomic mass is 19.1. The van der Waals surface area contributed by atoms with Crippen LogP contribution in [-0.2, 0) is 9.53 Å². The molecule has 1 aromatic rings. The van der Waals surface area contributed by atoms with Gasteiger partial charge in [0.2, 0.25) is 0 Å². The van der Waals surface area contributed by atoms with Gasteiger partial charge in [0.15, 0.2) is 6.10 Å². The molecule has 2 unspecified atom stereocenters. The van der Waals surface area contributed by atoms with Crippen molar-refractivity contribution < 1.29 is 24.1 Å². The first-order chi connectivity index (χ1) is 8.40. The smallest absolute Gasteiger partial charge is 0.338 e. The van der Waals surface area contributed by atoms with E-state index in [2.05, 4.69) is 4.74 Å². The highest BCUT2D eigenvalue weighted by molar-refractivity contribution is 5.75. The summed E-state index contributed by atoms with van der Waals surface area (Å²) < 4.78 is 18.4. The van der Waals surface area contributed by atoms with E-state index in [0.29, 0.717) is 0 Å². The highest BCUT2D eigenvalue weighted by Crippen LogP contribution is 2.26. The second-order valence-corrected chi connectivity index (χ2v) is 3.82. The maximum absolute atomic E-state index is 13.8. The first kappa shape index (κ1) is 14.4. The number of rotatable bonds is 4. The maximum atomic E-state index is 13.8. The van der Waals surface area contributed by atoms with Gasteiger partial charge in [-0.25, -0.2) is 9.18 Å². The molecule has 18 heavy (non-hydrogen) atoms. The van der Waals surface area contributed by atoms with E-state index in [-0.39, 0.29) is 23.4 Å². The number of hydrogen-bond acceptors (Lipinski definition) is 5. The van der Waals surface area contributed by atoms with Crippen LogP contribution >= 0.6 is 0 Å². The Morgan fingerprint density at radius 2 is 2.11 bits per heavy atom. The summed E-state index contributed by atoms with van der Waals surface area (Å²) in [5.41, 5.74) is 5.69. The van der Waals surface area contributed by atoms with Crippen molar-refractivity contribution in [2.24, 2.45) is 0 Å². The van der Waals surface area contributed by atoms with Crippen LogP contribution in [0.5, 0.6) is 0 Å². The average molecular weight is 257 g/mol. The summed E-state index contributed by atoms with van der Waals surface area (Å²) in [7, 11) is 0. The number of anilines is 1. The Balaban J connectivity index is 3.00. The van der Waals surface area contributed by atoms with Crippen LogP contribution in [-0.4, -0.2) is 28.9 Å². The Morgan fingerprint density at radius 1 is 1.50 bits per heavy atom. The summed E-state index contributed by atoms with van der Waals surface area (Å²) in [6, 6.07) is 2.62. The predicted octanol–water partition coefficient (Wildman–Crippen LogP) is 0.674. The van der Waals surface area contributed by atoms with E-state index in [0.717, 1.165) is 0 Å². The Morgan fingerprint density at radius 3 is 2.67 bits per heavy atom. The Labute approximate surface area is 104 Å². The van der Waals surface area contributed by atoms with Crippen LogP contribution in [0.1, 0.15) is 24.2 Å². The van der Waals surface area contributed by atoms with E-state index in [4.69, 9.17) is 5.73 Å². The van der Waals surface area contributed by atoms with Crippen LogP contribution in [0.2, 0.25) is 0 Å². The van der Waals surface area contributed by atoms with Gasteiger partial charge in [0.1, 0.15) is 11.9 Å². The number of esters is 1. The molecule has 0 amide bonds. The average Bonchev–Trinajstić information content (AvgIpc) is 2.35. The summed E-state index contributed by atoms with van der Waals surface area (Å²) in [6.07, 6.45) is -3.52. The van der Waals surface area contributed by atoms with Crippen LogP contribution in [0.25, 0.3) is 0 Å². The lowest BCUT2D eigenvalue weighted by Gasteiger charge is -2.18. The molecule has 0 aliphatic carbocycles. The van der Waals surface area contributed by atoms with Crippen LogP contribution in [0.3, 0.4) is 0 Å². The molecular formula is C12H16FNO4. The van der Waals surface area contributed by atoms with Crippen LogP contribution in [0.15, 0.2) is 12.1 Å². The normalized spacial score (nSPS) is 14.1. The molecule has 1 aromatic carbocycles. The number of carbonyl (C=O) groups excluding carboxylic acids is 1. The second kappa shape index (κ2) is 5.79. The van der Waals surface area contributed by atoms with E-state index in [1.165, 1.54) is 19.1 Å². The molecule has 0 fully saturated rings. The number of hydrogen-bond donors (Lipinski definition) is 3. The molecule has 0 radical (unpaired) electrons. The van der Waals surface area contributed by atoms with Crippen LogP contribution < -0.4 is 5.73 Å². The lowest BCUT2D eigenvalue weighted by atomic mass is 10.0. The van der Waals surface area contributed by atoms with E-state index < -0.39 is 24.0 Å². The third-order valence-electron chi connectivity index (χ3n) is 2.60. The molecular weight excluding hydrogens is 241 g/mol. The zero-order valence-electron chi connectivity index (χ0n) is 10.2. The number of halogens is 1. The quantitative estimate of drug-likeness (QED) is 0.544. The van der Waals surface area contributed by atoms with Gasteiger partial charge in [-0.1, -0.05) is 6.07 Å². The molecule has 1 rings (SSSR count). The highest BCUT2D eigenvalue weighted by Gasteiger charge is 2.29. The number of benzene rings is 1. The van der Waals surface area contributed by atoms with Gasteiger partial charge in [-0.05, 0) is 19.9 Å². The number of ether oxygens (including phenoxy) is 1. The molecule has 0 heterocycles. The minimum Gasteiger partial charge on any atom is -0.464 e. The Bertz CT molecular complexity index is 450. The molecule has 0 saturated carbocycles. The number of carbonyl (C=O) groups is 1. The molecule has 0 aliphatic heterocycles. The third-order valence-corrected chi connectivity index (χ3v) is 2.60. The summed E-state index contributed by atoms with van der Waals surface area (Å²) in [4.78, 5) is 11.2. The predicted molar refractivity (Wildman–Crippen MR) is 63.1 cm³/mol. The number of nitrogen functional groups attached to an aromatic ring is 1. The molecule has 0 saturated heterocycles. The van der Waals surface area contributed by atoms with Gasteiger partial charge in [0.25, 0.3) is 0 Å². The van der Waals surface area contributed by atoms with E-state index in [9.17, 15) is 19.4 Å². The van der Waals surface area contributed by atoms with Crippen molar-refractivity contribution in [3.05, 3.63) is 29.1 Å². The fraction of sp³-hybridized carbons (Fsp3) is 0.417. The molecule has 0 bridgehead atoms. The zero-order valence-corrected chi connectivity index (χ0v) is 10.2. The number of nitrogens with two attached hydrogens (primary N) is 1. The SMILES string of the molecule is CCOC(=O)C(O)C(O)c1ccc(N)c(C)c1F. The van der Waals surface area contributed by atoms with Crippen molar-refractivity contribution in [2.45, 2.75) is 26.1 Å². The van der Waals surface area contributed by atoms with Crippen molar-refractivity contribution in [3.8, 4) is 0 Å². The Hall–Kier alpha value is -1.66. The van der Waals surface area contributed by atoms with Gasteiger partial charge in [-0.2, -0.15) is 0 Å². The lowest BCUT2D eigenvalue weighted by Crippen LogP contribution is -2.30. The van der Waals surface area contributed by atoms with Crippen molar-refractivity contribution in [2.75, 3.05) is 12.3 Å². The van der Waals surface area contributed by atoms with E-state index in [1.54, 1.807) is 6.92 Å². The minimum absolute atomic E-state index is 0.0614. The second-order valence-electron chi connectivity index (χ2n) is 3.82. The van der Waals surface area contributed by atoms with Gasteiger partial charge in [-0.15, -0.1) is 0 Å². The number of aliphatic hydroxyl groups excluding tert-OH is 2. The molecule has 0 aliphatic rings. The molecule has 0 aromatic heterocycles.